The predicted octanol–water partition coefficient (Wildman–Crippen LogP) is 5.78. The molecule has 0 aliphatic rings. The summed E-state index contributed by atoms with van der Waals surface area (Å²) in [4.78, 5) is 23.2. The van der Waals surface area contributed by atoms with Crippen molar-refractivity contribution in [3.8, 4) is 11.4 Å². The van der Waals surface area contributed by atoms with Crippen LogP contribution < -0.4 is 4.90 Å². The van der Waals surface area contributed by atoms with E-state index in [1.807, 2.05) is 36.6 Å². The van der Waals surface area contributed by atoms with Crippen molar-refractivity contribution < 1.29 is 4.79 Å². The average molecular weight is 450 g/mol. The highest BCUT2D eigenvalue weighted by molar-refractivity contribution is 7.98. The number of benzene rings is 2. The number of carbonyl (C=O) groups excluding carboxylic acids is 1. The molecule has 6 nitrogen and oxygen atoms in total. The molecule has 31 heavy (non-hydrogen) atoms. The first-order chi connectivity index (χ1) is 15.0. The number of thiazole rings is 1. The van der Waals surface area contributed by atoms with E-state index in [2.05, 4.69) is 51.4 Å². The van der Waals surface area contributed by atoms with Gasteiger partial charge in [0, 0.05) is 23.6 Å². The van der Waals surface area contributed by atoms with Gasteiger partial charge in [0.25, 0.3) is 0 Å². The van der Waals surface area contributed by atoms with Crippen LogP contribution in [0.5, 0.6) is 0 Å². The fraction of sp³-hybridized carbons (Fsp3) is 0.217. The number of H-pyrrole nitrogens is 1. The average Bonchev–Trinajstić information content (AvgIpc) is 3.42. The van der Waals surface area contributed by atoms with Crippen molar-refractivity contribution in [2.24, 2.45) is 0 Å². The number of aromatic amines is 1. The topological polar surface area (TPSA) is 74.8 Å². The summed E-state index contributed by atoms with van der Waals surface area (Å²) < 4.78 is 0. The summed E-state index contributed by atoms with van der Waals surface area (Å²) in [5.74, 6) is 1.32. The lowest BCUT2D eigenvalue weighted by atomic mass is 10.1. The summed E-state index contributed by atoms with van der Waals surface area (Å²) >= 11 is 2.97. The number of rotatable bonds is 7. The third kappa shape index (κ3) is 5.03. The van der Waals surface area contributed by atoms with Crippen LogP contribution >= 0.6 is 23.1 Å². The smallest absolute Gasteiger partial charge is 0.230 e. The van der Waals surface area contributed by atoms with Gasteiger partial charge in [-0.1, -0.05) is 55.1 Å². The van der Waals surface area contributed by atoms with Gasteiger partial charge in [-0.05, 0) is 36.6 Å². The zero-order chi connectivity index (χ0) is 21.8. The Morgan fingerprint density at radius 3 is 2.68 bits per heavy atom. The molecule has 1 amide bonds. The molecule has 0 radical (unpaired) electrons. The van der Waals surface area contributed by atoms with Gasteiger partial charge in [0.1, 0.15) is 0 Å². The van der Waals surface area contributed by atoms with E-state index in [0.717, 1.165) is 34.8 Å². The molecule has 4 aromatic rings. The minimum absolute atomic E-state index is 0.0631. The number of thioether (sulfide) groups is 1. The van der Waals surface area contributed by atoms with Crippen LogP contribution in [-0.4, -0.2) is 26.1 Å². The van der Waals surface area contributed by atoms with Crippen LogP contribution in [0.4, 0.5) is 10.8 Å². The van der Waals surface area contributed by atoms with Gasteiger partial charge in [-0.3, -0.25) is 14.8 Å². The summed E-state index contributed by atoms with van der Waals surface area (Å²) in [6.45, 7) is 5.70. The number of carbonyl (C=O) groups is 1. The van der Waals surface area contributed by atoms with Gasteiger partial charge < -0.3 is 0 Å². The molecule has 0 atom stereocenters. The number of nitrogens with zero attached hydrogens (tertiary/aromatic N) is 4. The number of aromatic nitrogens is 4. The first-order valence-electron chi connectivity index (χ1n) is 9.99. The van der Waals surface area contributed by atoms with Crippen LogP contribution in [0.25, 0.3) is 11.4 Å². The summed E-state index contributed by atoms with van der Waals surface area (Å²) in [5.41, 5.74) is 5.13. The molecule has 2 aromatic heterocycles. The Kier molecular flexibility index (Phi) is 6.48. The lowest BCUT2D eigenvalue weighted by Crippen LogP contribution is -2.22. The van der Waals surface area contributed by atoms with Crippen molar-refractivity contribution in [1.29, 1.82) is 0 Å². The van der Waals surface area contributed by atoms with E-state index in [1.165, 1.54) is 28.7 Å². The minimum Gasteiger partial charge on any atom is -0.274 e. The van der Waals surface area contributed by atoms with E-state index in [-0.39, 0.29) is 5.91 Å². The molecule has 0 fully saturated rings. The minimum atomic E-state index is -0.0631. The first-order valence-corrected chi connectivity index (χ1v) is 11.9. The molecule has 8 heteroatoms. The Bertz CT molecular complexity index is 1180. The second-order valence-electron chi connectivity index (χ2n) is 7.12. The standard InChI is InChI=1S/C23H23N5OS2/c1-4-17-8-10-18(11-9-17)21-25-22(27-26-21)30-13-19-14-31-23(24-19)28(16(3)29)20-7-5-6-15(2)12-20/h5-12,14H,4,13H2,1-3H3,(H,25,26,27). The normalized spacial score (nSPS) is 10.9. The number of amides is 1. The maximum absolute atomic E-state index is 12.3. The maximum atomic E-state index is 12.3. The van der Waals surface area contributed by atoms with Crippen LogP contribution in [0.2, 0.25) is 0 Å². The van der Waals surface area contributed by atoms with Crippen molar-refractivity contribution in [3.05, 3.63) is 70.7 Å². The van der Waals surface area contributed by atoms with E-state index in [4.69, 9.17) is 0 Å². The Labute approximate surface area is 189 Å². The van der Waals surface area contributed by atoms with Crippen molar-refractivity contribution in [1.82, 2.24) is 20.2 Å². The molecule has 0 aliphatic heterocycles. The lowest BCUT2D eigenvalue weighted by Gasteiger charge is -2.18. The van der Waals surface area contributed by atoms with Crippen LogP contribution in [0.3, 0.4) is 0 Å². The van der Waals surface area contributed by atoms with Gasteiger partial charge in [-0.2, -0.15) is 0 Å². The molecule has 0 aliphatic carbocycles. The molecule has 0 bridgehead atoms. The van der Waals surface area contributed by atoms with E-state index in [1.54, 1.807) is 11.8 Å². The quantitative estimate of drug-likeness (QED) is 0.362. The van der Waals surface area contributed by atoms with Crippen LogP contribution in [-0.2, 0) is 17.0 Å². The molecular formula is C23H23N5OS2. The van der Waals surface area contributed by atoms with Crippen LogP contribution in [0.1, 0.15) is 30.7 Å². The van der Waals surface area contributed by atoms with Crippen LogP contribution in [0, 0.1) is 6.92 Å². The lowest BCUT2D eigenvalue weighted by molar-refractivity contribution is -0.115. The zero-order valence-corrected chi connectivity index (χ0v) is 19.3. The Balaban J connectivity index is 1.44. The summed E-state index contributed by atoms with van der Waals surface area (Å²) in [7, 11) is 0. The highest BCUT2D eigenvalue weighted by Crippen LogP contribution is 2.31. The maximum Gasteiger partial charge on any atom is 0.230 e. The van der Waals surface area contributed by atoms with Gasteiger partial charge in [0.2, 0.25) is 11.1 Å². The van der Waals surface area contributed by atoms with Crippen molar-refractivity contribution in [2.75, 3.05) is 4.90 Å². The van der Waals surface area contributed by atoms with E-state index in [0.29, 0.717) is 16.0 Å². The van der Waals surface area contributed by atoms with E-state index >= 15 is 0 Å². The second kappa shape index (κ2) is 9.45. The highest BCUT2D eigenvalue weighted by atomic mass is 32.2. The number of aryl methyl sites for hydroxylation is 2. The Morgan fingerprint density at radius 2 is 1.97 bits per heavy atom. The zero-order valence-electron chi connectivity index (χ0n) is 17.6. The molecule has 0 unspecified atom stereocenters. The summed E-state index contributed by atoms with van der Waals surface area (Å²) in [6.07, 6.45) is 1.01. The van der Waals surface area contributed by atoms with E-state index in [9.17, 15) is 4.79 Å². The van der Waals surface area contributed by atoms with Gasteiger partial charge in [-0.25, -0.2) is 9.97 Å². The Hall–Kier alpha value is -2.97. The highest BCUT2D eigenvalue weighted by Gasteiger charge is 2.18. The van der Waals surface area contributed by atoms with Gasteiger partial charge in [0.15, 0.2) is 11.0 Å². The van der Waals surface area contributed by atoms with Crippen molar-refractivity contribution >= 4 is 39.8 Å². The second-order valence-corrected chi connectivity index (χ2v) is 8.90. The number of hydrogen-bond acceptors (Lipinski definition) is 6. The number of hydrogen-bond donors (Lipinski definition) is 1. The van der Waals surface area contributed by atoms with Crippen LogP contribution in [0.15, 0.2) is 59.1 Å². The van der Waals surface area contributed by atoms with Crippen molar-refractivity contribution in [2.45, 2.75) is 38.1 Å². The molecule has 0 saturated heterocycles. The summed E-state index contributed by atoms with van der Waals surface area (Å²) in [5, 5.41) is 10.6. The van der Waals surface area contributed by atoms with Gasteiger partial charge in [0.05, 0.1) is 11.4 Å². The molecule has 0 spiro atoms. The molecule has 1 N–H and O–H groups in total. The SMILES string of the molecule is CCc1ccc(-c2nc(SCc3csc(N(C(C)=O)c4cccc(C)c4)n3)n[nH]2)cc1. The first kappa shape index (κ1) is 21.3. The molecule has 2 heterocycles. The van der Waals surface area contributed by atoms with Crippen molar-refractivity contribution in [3.63, 3.8) is 0 Å². The monoisotopic (exact) mass is 449 g/mol. The summed E-state index contributed by atoms with van der Waals surface area (Å²) in [6, 6.07) is 16.2. The number of anilines is 2. The Morgan fingerprint density at radius 1 is 1.16 bits per heavy atom. The van der Waals surface area contributed by atoms with Gasteiger partial charge >= 0.3 is 0 Å². The molecule has 0 saturated carbocycles. The fourth-order valence-corrected chi connectivity index (χ4v) is 4.82. The largest absolute Gasteiger partial charge is 0.274 e. The molecule has 158 valence electrons. The molecule has 4 rings (SSSR count). The third-order valence-corrected chi connectivity index (χ3v) is 6.51. The molecular weight excluding hydrogens is 426 g/mol. The van der Waals surface area contributed by atoms with Gasteiger partial charge in [-0.15, -0.1) is 16.4 Å². The van der Waals surface area contributed by atoms with E-state index < -0.39 is 0 Å². The number of nitrogens with one attached hydrogen (secondary N) is 1. The predicted molar refractivity (Wildman–Crippen MR) is 127 cm³/mol. The fourth-order valence-electron chi connectivity index (χ4n) is 3.14. The molecule has 2 aromatic carbocycles. The third-order valence-electron chi connectivity index (χ3n) is 4.76.